The minimum absolute atomic E-state index is 0.362. The van der Waals surface area contributed by atoms with Crippen molar-refractivity contribution < 1.29 is 19.0 Å². The van der Waals surface area contributed by atoms with Crippen LogP contribution in [0.25, 0.3) is 33.6 Å². The molecule has 0 aliphatic heterocycles. The Bertz CT molecular complexity index is 1370. The van der Waals surface area contributed by atoms with Crippen LogP contribution in [-0.2, 0) is 23.3 Å². The van der Waals surface area contributed by atoms with Crippen LogP contribution in [0.5, 0.6) is 5.75 Å². The Morgan fingerprint density at radius 2 is 1.88 bits per heavy atom. The van der Waals surface area contributed by atoms with E-state index in [0.717, 1.165) is 38.7 Å². The molecule has 0 unspecified atom stereocenters. The molecule has 180 valence electrons. The van der Waals surface area contributed by atoms with E-state index in [9.17, 15) is 4.79 Å². The van der Waals surface area contributed by atoms with E-state index in [1.165, 1.54) is 7.11 Å². The molecule has 0 fully saturated rings. The minimum atomic E-state index is -1.20. The molecule has 8 nitrogen and oxygen atoms in total. The molecule has 3 heterocycles. The summed E-state index contributed by atoms with van der Waals surface area (Å²) in [7, 11) is 3.66. The lowest BCUT2D eigenvalue weighted by Gasteiger charge is -2.16. The molecule has 0 saturated heterocycles. The largest absolute Gasteiger partial charge is 0.494 e. The number of aryl methyl sites for hydroxylation is 1. The second kappa shape index (κ2) is 9.51. The Morgan fingerprint density at radius 3 is 2.56 bits per heavy atom. The van der Waals surface area contributed by atoms with Crippen molar-refractivity contribution in [3.8, 4) is 17.3 Å². The first-order valence-electron chi connectivity index (χ1n) is 11.0. The third-order valence-corrected chi connectivity index (χ3v) is 7.88. The molecule has 34 heavy (non-hydrogen) atoms. The van der Waals surface area contributed by atoms with Gasteiger partial charge in [0, 0.05) is 27.1 Å². The number of carbonyl (C=O) groups excluding carboxylic acids is 1. The molecule has 0 aliphatic carbocycles. The Hall–Kier alpha value is -2.69. The van der Waals surface area contributed by atoms with Gasteiger partial charge in [0.05, 0.1) is 31.0 Å². The van der Waals surface area contributed by atoms with Crippen LogP contribution in [0.1, 0.15) is 10.4 Å². The van der Waals surface area contributed by atoms with Crippen LogP contribution in [0, 0.1) is 0 Å². The number of methoxy groups -OCH3 is 2. The zero-order valence-corrected chi connectivity index (χ0v) is 22.9. The quantitative estimate of drug-likeness (QED) is 0.127. The maximum absolute atomic E-state index is 12.2. The van der Waals surface area contributed by atoms with Gasteiger partial charge >= 0.3 is 5.97 Å². The average Bonchev–Trinajstić information content (AvgIpc) is 3.31. The van der Waals surface area contributed by atoms with Crippen LogP contribution in [0.4, 0.5) is 0 Å². The number of carbonyl (C=O) groups is 1. The van der Waals surface area contributed by atoms with Crippen molar-refractivity contribution in [1.29, 1.82) is 0 Å². The van der Waals surface area contributed by atoms with Gasteiger partial charge in [-0.05, 0) is 52.3 Å². The maximum Gasteiger partial charge on any atom is 0.338 e. The molecule has 3 aromatic heterocycles. The lowest BCUT2D eigenvalue weighted by molar-refractivity contribution is 0.0600. The maximum atomic E-state index is 12.2. The predicted octanol–water partition coefficient (Wildman–Crippen LogP) is 5.46. The van der Waals surface area contributed by atoms with E-state index in [-0.39, 0.29) is 0 Å². The Kier molecular flexibility index (Phi) is 6.84. The van der Waals surface area contributed by atoms with Crippen LogP contribution in [0.15, 0.2) is 34.9 Å². The van der Waals surface area contributed by atoms with Gasteiger partial charge < -0.3 is 18.8 Å². The number of fused-ring (bicyclic) bond motifs is 2. The second-order valence-electron chi connectivity index (χ2n) is 9.38. The van der Waals surface area contributed by atoms with Gasteiger partial charge in [0.1, 0.15) is 28.2 Å². The van der Waals surface area contributed by atoms with Crippen molar-refractivity contribution in [2.45, 2.75) is 32.4 Å². The van der Waals surface area contributed by atoms with Crippen LogP contribution >= 0.6 is 15.9 Å². The van der Waals surface area contributed by atoms with Crippen molar-refractivity contribution in [1.82, 2.24) is 19.1 Å². The van der Waals surface area contributed by atoms with Crippen molar-refractivity contribution in [3.05, 3.63) is 40.5 Å². The molecule has 1 aromatic carbocycles. The van der Waals surface area contributed by atoms with E-state index >= 15 is 0 Å². The number of esters is 1. The molecular formula is C24H29BrN4O4Si. The molecule has 0 amide bonds. The molecule has 0 N–H and O–H groups in total. The van der Waals surface area contributed by atoms with Crippen LogP contribution in [0.2, 0.25) is 25.7 Å². The molecule has 0 atom stereocenters. The first-order valence-corrected chi connectivity index (χ1v) is 15.5. The lowest BCUT2D eigenvalue weighted by atomic mass is 10.2. The normalized spacial score (nSPS) is 12.0. The fraction of sp³-hybridized carbons (Fsp3) is 0.375. The number of imidazole rings is 1. The molecular weight excluding hydrogens is 516 g/mol. The summed E-state index contributed by atoms with van der Waals surface area (Å²) in [6.45, 7) is 8.06. The van der Waals surface area contributed by atoms with E-state index in [2.05, 4.69) is 41.6 Å². The summed E-state index contributed by atoms with van der Waals surface area (Å²) in [6.07, 6.45) is 0. The van der Waals surface area contributed by atoms with Gasteiger partial charge in [-0.1, -0.05) is 19.6 Å². The van der Waals surface area contributed by atoms with Gasteiger partial charge in [-0.3, -0.25) is 4.57 Å². The van der Waals surface area contributed by atoms with Crippen LogP contribution in [-0.4, -0.2) is 54.0 Å². The summed E-state index contributed by atoms with van der Waals surface area (Å²) in [4.78, 5) is 21.7. The molecule has 0 aliphatic rings. The van der Waals surface area contributed by atoms with Crippen molar-refractivity contribution in [2.75, 3.05) is 20.8 Å². The number of halogens is 1. The fourth-order valence-electron chi connectivity index (χ4n) is 3.89. The highest BCUT2D eigenvalue weighted by molar-refractivity contribution is 9.10. The zero-order valence-electron chi connectivity index (χ0n) is 20.3. The predicted molar refractivity (Wildman–Crippen MR) is 139 cm³/mol. The smallest absolute Gasteiger partial charge is 0.338 e. The van der Waals surface area contributed by atoms with Crippen molar-refractivity contribution in [2.24, 2.45) is 7.05 Å². The number of hydrogen-bond donors (Lipinski definition) is 0. The summed E-state index contributed by atoms with van der Waals surface area (Å²) in [5, 5.41) is 0.987. The van der Waals surface area contributed by atoms with Gasteiger partial charge in [-0.2, -0.15) is 0 Å². The summed E-state index contributed by atoms with van der Waals surface area (Å²) >= 11 is 3.49. The first kappa shape index (κ1) is 24.4. The molecule has 0 saturated carbocycles. The highest BCUT2D eigenvalue weighted by Gasteiger charge is 2.22. The lowest BCUT2D eigenvalue weighted by Crippen LogP contribution is -2.22. The minimum Gasteiger partial charge on any atom is -0.494 e. The third kappa shape index (κ3) is 4.75. The summed E-state index contributed by atoms with van der Waals surface area (Å²) in [6, 6.07) is 10.5. The number of rotatable bonds is 8. The number of ether oxygens (including phenoxy) is 3. The van der Waals surface area contributed by atoms with E-state index in [0.29, 0.717) is 30.2 Å². The van der Waals surface area contributed by atoms with Gasteiger partial charge in [0.2, 0.25) is 0 Å². The summed E-state index contributed by atoms with van der Waals surface area (Å²) in [5.41, 5.74) is 3.50. The topological polar surface area (TPSA) is 80.4 Å². The monoisotopic (exact) mass is 544 g/mol. The molecule has 0 bridgehead atoms. The van der Waals surface area contributed by atoms with Crippen LogP contribution in [0.3, 0.4) is 0 Å². The summed E-state index contributed by atoms with van der Waals surface area (Å²) < 4.78 is 21.4. The highest BCUT2D eigenvalue weighted by Crippen LogP contribution is 2.34. The fourth-order valence-corrected chi connectivity index (χ4v) is 4.94. The van der Waals surface area contributed by atoms with Gasteiger partial charge in [-0.15, -0.1) is 0 Å². The van der Waals surface area contributed by atoms with E-state index in [1.54, 1.807) is 19.2 Å². The standard InChI is InChI=1S/C24H29BrN4O4Si/c1-28-21-17(11-16(24(30)32-3)13-19(21)31-2)26-23(28)18-12-15-7-8-20(25)27-22(15)29(18)14-33-9-10-34(4,5)6/h7-8,11-13H,9-10,14H2,1-6H3. The van der Waals surface area contributed by atoms with E-state index in [4.69, 9.17) is 24.2 Å². The highest BCUT2D eigenvalue weighted by atomic mass is 79.9. The van der Waals surface area contributed by atoms with E-state index < -0.39 is 14.0 Å². The van der Waals surface area contributed by atoms with Gasteiger partial charge in [0.25, 0.3) is 0 Å². The van der Waals surface area contributed by atoms with Crippen molar-refractivity contribution >= 4 is 52.0 Å². The Morgan fingerprint density at radius 1 is 1.12 bits per heavy atom. The second-order valence-corrected chi connectivity index (χ2v) is 15.8. The molecule has 10 heteroatoms. The van der Waals surface area contributed by atoms with Crippen molar-refractivity contribution in [3.63, 3.8) is 0 Å². The number of nitrogens with zero attached hydrogens (tertiary/aromatic N) is 4. The Labute approximate surface area is 208 Å². The van der Waals surface area contributed by atoms with Crippen LogP contribution < -0.4 is 4.74 Å². The molecule has 0 radical (unpaired) electrons. The van der Waals surface area contributed by atoms with Gasteiger partial charge in [-0.25, -0.2) is 14.8 Å². The number of benzene rings is 1. The number of hydrogen-bond acceptors (Lipinski definition) is 6. The molecule has 0 spiro atoms. The van der Waals surface area contributed by atoms with E-state index in [1.807, 2.05) is 28.3 Å². The first-order chi connectivity index (χ1) is 16.1. The summed E-state index contributed by atoms with van der Waals surface area (Å²) in [5.74, 6) is 0.832. The zero-order chi connectivity index (χ0) is 24.6. The Balaban J connectivity index is 1.84. The number of pyridine rings is 1. The number of aromatic nitrogens is 4. The molecule has 4 rings (SSSR count). The third-order valence-electron chi connectivity index (χ3n) is 5.73. The van der Waals surface area contributed by atoms with Gasteiger partial charge in [0.15, 0.2) is 5.82 Å². The average molecular weight is 546 g/mol. The SMILES string of the molecule is COC(=O)c1cc(OC)c2c(c1)nc(-c1cc3ccc(Br)nc3n1COCC[Si](C)(C)C)n2C. The molecule has 4 aromatic rings.